The highest BCUT2D eigenvalue weighted by Crippen LogP contribution is 2.30. The first-order valence-corrected chi connectivity index (χ1v) is 7.12. The van der Waals surface area contributed by atoms with Gasteiger partial charge < -0.3 is 10.6 Å². The SMILES string of the molecule is FC(F)(F)c1ccc(NC(=S)Nc2cc(Cl)cc(Cl)c2)cc1. The molecule has 0 atom stereocenters. The van der Waals surface area contributed by atoms with Gasteiger partial charge in [-0.25, -0.2) is 0 Å². The third-order valence-electron chi connectivity index (χ3n) is 2.59. The van der Waals surface area contributed by atoms with Crippen molar-refractivity contribution in [2.24, 2.45) is 0 Å². The maximum atomic E-state index is 12.5. The van der Waals surface area contributed by atoms with E-state index < -0.39 is 11.7 Å². The summed E-state index contributed by atoms with van der Waals surface area (Å²) in [6.45, 7) is 0. The maximum absolute atomic E-state index is 12.5. The third kappa shape index (κ3) is 4.76. The molecule has 0 unspecified atom stereocenters. The van der Waals surface area contributed by atoms with Gasteiger partial charge in [-0.1, -0.05) is 23.2 Å². The van der Waals surface area contributed by atoms with Gasteiger partial charge in [0.25, 0.3) is 0 Å². The minimum atomic E-state index is -4.37. The molecular formula is C14H9Cl2F3N2S. The van der Waals surface area contributed by atoms with Gasteiger partial charge in [0.05, 0.1) is 5.56 Å². The Morgan fingerprint density at radius 3 is 1.86 bits per heavy atom. The van der Waals surface area contributed by atoms with E-state index in [4.69, 9.17) is 35.4 Å². The second kappa shape index (κ2) is 6.73. The monoisotopic (exact) mass is 364 g/mol. The molecule has 0 aliphatic heterocycles. The van der Waals surface area contributed by atoms with E-state index in [2.05, 4.69) is 10.6 Å². The van der Waals surface area contributed by atoms with Crippen LogP contribution < -0.4 is 10.6 Å². The summed E-state index contributed by atoms with van der Waals surface area (Å²) in [6.07, 6.45) is -4.37. The molecule has 2 rings (SSSR count). The lowest BCUT2D eigenvalue weighted by atomic mass is 10.2. The Bertz CT molecular complexity index is 667. The summed E-state index contributed by atoms with van der Waals surface area (Å²) in [7, 11) is 0. The van der Waals surface area contributed by atoms with Crippen LogP contribution in [0.2, 0.25) is 10.0 Å². The molecule has 2 nitrogen and oxygen atoms in total. The van der Waals surface area contributed by atoms with E-state index in [9.17, 15) is 13.2 Å². The van der Waals surface area contributed by atoms with Crippen molar-refractivity contribution in [1.29, 1.82) is 0 Å². The van der Waals surface area contributed by atoms with Crippen molar-refractivity contribution in [3.63, 3.8) is 0 Å². The topological polar surface area (TPSA) is 24.1 Å². The lowest BCUT2D eigenvalue weighted by Crippen LogP contribution is -2.19. The van der Waals surface area contributed by atoms with E-state index in [-0.39, 0.29) is 5.11 Å². The second-order valence-electron chi connectivity index (χ2n) is 4.31. The Balaban J connectivity index is 2.03. The van der Waals surface area contributed by atoms with Crippen LogP contribution in [0.3, 0.4) is 0 Å². The Labute approximate surface area is 140 Å². The molecule has 0 aliphatic carbocycles. The van der Waals surface area contributed by atoms with Gasteiger partial charge >= 0.3 is 6.18 Å². The summed E-state index contributed by atoms with van der Waals surface area (Å²) in [6, 6.07) is 9.34. The highest BCUT2D eigenvalue weighted by Gasteiger charge is 2.29. The van der Waals surface area contributed by atoms with Crippen LogP contribution in [0.25, 0.3) is 0 Å². The lowest BCUT2D eigenvalue weighted by molar-refractivity contribution is -0.137. The normalized spacial score (nSPS) is 11.1. The van der Waals surface area contributed by atoms with Gasteiger partial charge in [-0.05, 0) is 54.7 Å². The molecule has 116 valence electrons. The molecule has 0 spiro atoms. The summed E-state index contributed by atoms with van der Waals surface area (Å²) < 4.78 is 37.4. The van der Waals surface area contributed by atoms with Crippen LogP contribution in [-0.2, 0) is 6.18 Å². The van der Waals surface area contributed by atoms with Crippen LogP contribution in [0, 0.1) is 0 Å². The van der Waals surface area contributed by atoms with E-state index in [1.807, 2.05) is 0 Å². The highest BCUT2D eigenvalue weighted by molar-refractivity contribution is 7.80. The van der Waals surface area contributed by atoms with Gasteiger partial charge in [0.1, 0.15) is 0 Å². The first-order chi connectivity index (χ1) is 10.2. The fourth-order valence-electron chi connectivity index (χ4n) is 1.66. The van der Waals surface area contributed by atoms with Gasteiger partial charge in [0, 0.05) is 21.4 Å². The van der Waals surface area contributed by atoms with E-state index >= 15 is 0 Å². The van der Waals surface area contributed by atoms with Crippen molar-refractivity contribution in [1.82, 2.24) is 0 Å². The van der Waals surface area contributed by atoms with E-state index in [0.717, 1.165) is 12.1 Å². The minimum absolute atomic E-state index is 0.207. The molecule has 0 bridgehead atoms. The minimum Gasteiger partial charge on any atom is -0.332 e. The number of rotatable bonds is 2. The number of thiocarbonyl (C=S) groups is 1. The molecule has 2 aromatic carbocycles. The quantitative estimate of drug-likeness (QED) is 0.656. The molecule has 8 heteroatoms. The van der Waals surface area contributed by atoms with Crippen molar-refractivity contribution >= 4 is 51.9 Å². The third-order valence-corrected chi connectivity index (χ3v) is 3.23. The van der Waals surface area contributed by atoms with Crippen LogP contribution in [-0.4, -0.2) is 5.11 Å². The van der Waals surface area contributed by atoms with Crippen molar-refractivity contribution in [2.75, 3.05) is 10.6 Å². The Hall–Kier alpha value is -1.50. The maximum Gasteiger partial charge on any atom is 0.416 e. The predicted octanol–water partition coefficient (Wildman–Crippen LogP) is 5.82. The van der Waals surface area contributed by atoms with E-state index in [0.29, 0.717) is 21.4 Å². The van der Waals surface area contributed by atoms with Crippen LogP contribution >= 0.6 is 35.4 Å². The Kier molecular flexibility index (Phi) is 5.16. The number of halogens is 5. The van der Waals surface area contributed by atoms with Gasteiger partial charge in [0.2, 0.25) is 0 Å². The van der Waals surface area contributed by atoms with Crippen LogP contribution in [0.4, 0.5) is 24.5 Å². The number of nitrogens with one attached hydrogen (secondary N) is 2. The number of anilines is 2. The fourth-order valence-corrected chi connectivity index (χ4v) is 2.42. The van der Waals surface area contributed by atoms with Crippen molar-refractivity contribution < 1.29 is 13.2 Å². The van der Waals surface area contributed by atoms with E-state index in [1.165, 1.54) is 12.1 Å². The molecule has 0 amide bonds. The molecule has 0 radical (unpaired) electrons. The van der Waals surface area contributed by atoms with Crippen molar-refractivity contribution in [3.8, 4) is 0 Å². The summed E-state index contributed by atoms with van der Waals surface area (Å²) >= 11 is 16.8. The second-order valence-corrected chi connectivity index (χ2v) is 5.59. The number of hydrogen-bond donors (Lipinski definition) is 2. The van der Waals surface area contributed by atoms with Crippen molar-refractivity contribution in [3.05, 3.63) is 58.1 Å². The van der Waals surface area contributed by atoms with Gasteiger partial charge in [-0.2, -0.15) is 13.2 Å². The Morgan fingerprint density at radius 1 is 0.864 bits per heavy atom. The molecule has 22 heavy (non-hydrogen) atoms. The summed E-state index contributed by atoms with van der Waals surface area (Å²) in [5, 5.41) is 6.70. The number of benzene rings is 2. The van der Waals surface area contributed by atoms with Gasteiger partial charge in [-0.3, -0.25) is 0 Å². The zero-order chi connectivity index (χ0) is 16.3. The fraction of sp³-hybridized carbons (Fsp3) is 0.0714. The summed E-state index contributed by atoms with van der Waals surface area (Å²) in [5.41, 5.74) is 0.277. The molecule has 0 aromatic heterocycles. The average molecular weight is 365 g/mol. The molecular weight excluding hydrogens is 356 g/mol. The van der Waals surface area contributed by atoms with Crippen LogP contribution in [0.5, 0.6) is 0 Å². The first kappa shape index (κ1) is 16.9. The van der Waals surface area contributed by atoms with Gasteiger partial charge in [-0.15, -0.1) is 0 Å². The molecule has 0 saturated heterocycles. The zero-order valence-corrected chi connectivity index (χ0v) is 13.2. The highest BCUT2D eigenvalue weighted by atomic mass is 35.5. The number of alkyl halides is 3. The Morgan fingerprint density at radius 2 is 1.36 bits per heavy atom. The summed E-state index contributed by atoms with van der Waals surface area (Å²) in [5.74, 6) is 0. The first-order valence-electron chi connectivity index (χ1n) is 5.95. The van der Waals surface area contributed by atoms with Crippen LogP contribution in [0.15, 0.2) is 42.5 Å². The molecule has 0 heterocycles. The molecule has 2 aromatic rings. The largest absolute Gasteiger partial charge is 0.416 e. The average Bonchev–Trinajstić information content (AvgIpc) is 2.36. The molecule has 0 aliphatic rings. The standard InChI is InChI=1S/C14H9Cl2F3N2S/c15-9-5-10(16)7-12(6-9)21-13(22)20-11-3-1-8(2-4-11)14(17,18)19/h1-7H,(H2,20,21,22). The predicted molar refractivity (Wildman–Crippen MR) is 87.7 cm³/mol. The van der Waals surface area contributed by atoms with Crippen molar-refractivity contribution in [2.45, 2.75) is 6.18 Å². The molecule has 0 fully saturated rings. The van der Waals surface area contributed by atoms with Gasteiger partial charge in [0.15, 0.2) is 5.11 Å². The summed E-state index contributed by atoms with van der Waals surface area (Å²) in [4.78, 5) is 0. The smallest absolute Gasteiger partial charge is 0.332 e. The lowest BCUT2D eigenvalue weighted by Gasteiger charge is -2.12. The zero-order valence-electron chi connectivity index (χ0n) is 10.8. The number of hydrogen-bond acceptors (Lipinski definition) is 1. The molecule has 2 N–H and O–H groups in total. The van der Waals surface area contributed by atoms with E-state index in [1.54, 1.807) is 18.2 Å². The molecule has 0 saturated carbocycles. The van der Waals surface area contributed by atoms with Crippen LogP contribution in [0.1, 0.15) is 5.56 Å².